The second kappa shape index (κ2) is 12.4. The molecule has 0 aromatic rings. The minimum atomic E-state index is -1.54. The molecule has 1 aliphatic heterocycles. The molecule has 2 unspecified atom stereocenters. The Hall–Kier alpha value is -1.30. The molecular formula is C19H36N2O8. The van der Waals surface area contributed by atoms with Gasteiger partial charge in [-0.3, -0.25) is 9.59 Å². The molecule has 10 nitrogen and oxygen atoms in total. The van der Waals surface area contributed by atoms with E-state index in [1.807, 2.05) is 20.8 Å². The highest BCUT2D eigenvalue weighted by Gasteiger charge is 2.47. The monoisotopic (exact) mass is 420 g/mol. The van der Waals surface area contributed by atoms with Gasteiger partial charge < -0.3 is 40.6 Å². The third kappa shape index (κ3) is 7.80. The molecule has 0 aliphatic carbocycles. The van der Waals surface area contributed by atoms with Crippen LogP contribution in [0, 0.1) is 5.92 Å². The Labute approximate surface area is 171 Å². The molecular weight excluding hydrogens is 384 g/mol. The van der Waals surface area contributed by atoms with E-state index in [1.54, 1.807) is 6.92 Å². The molecule has 0 bridgehead atoms. The molecule has 1 saturated heterocycles. The molecule has 0 saturated carbocycles. The fourth-order valence-corrected chi connectivity index (χ4v) is 2.90. The molecule has 0 spiro atoms. The van der Waals surface area contributed by atoms with Gasteiger partial charge in [0.1, 0.15) is 18.2 Å². The van der Waals surface area contributed by atoms with Gasteiger partial charge in [-0.2, -0.15) is 0 Å². The summed E-state index contributed by atoms with van der Waals surface area (Å²) >= 11 is 0. The second-order valence-electron chi connectivity index (χ2n) is 7.65. The molecule has 1 aliphatic rings. The van der Waals surface area contributed by atoms with E-state index >= 15 is 0 Å². The SMILES string of the molecule is CCCC(=O)N[C@H]1C(O)O[C@H](COC(O)[C@@H](N)C(C)C)[C@@H](OC(=O)CCC)[C@@H]1O. The lowest BCUT2D eigenvalue weighted by Gasteiger charge is -2.42. The lowest BCUT2D eigenvalue weighted by atomic mass is 9.96. The number of nitrogens with one attached hydrogen (secondary N) is 1. The fourth-order valence-electron chi connectivity index (χ4n) is 2.90. The number of ether oxygens (including phenoxy) is 3. The van der Waals surface area contributed by atoms with Gasteiger partial charge in [0.2, 0.25) is 5.91 Å². The van der Waals surface area contributed by atoms with Crippen LogP contribution in [0.15, 0.2) is 0 Å². The average molecular weight is 421 g/mol. The first kappa shape index (κ1) is 25.7. The van der Waals surface area contributed by atoms with Crippen molar-refractivity contribution in [2.75, 3.05) is 6.61 Å². The van der Waals surface area contributed by atoms with Gasteiger partial charge in [-0.15, -0.1) is 0 Å². The van der Waals surface area contributed by atoms with Crippen LogP contribution in [-0.2, 0) is 23.8 Å². The van der Waals surface area contributed by atoms with Crippen LogP contribution < -0.4 is 11.1 Å². The maximum absolute atomic E-state index is 12.0. The van der Waals surface area contributed by atoms with Crippen molar-refractivity contribution in [2.45, 2.75) is 96.4 Å². The Balaban J connectivity index is 2.89. The number of amides is 1. The molecule has 1 rings (SSSR count). The molecule has 0 radical (unpaired) electrons. The molecule has 0 aromatic heterocycles. The van der Waals surface area contributed by atoms with Crippen LogP contribution in [0.1, 0.15) is 53.4 Å². The zero-order valence-electron chi connectivity index (χ0n) is 17.6. The molecule has 6 N–H and O–H groups in total. The summed E-state index contributed by atoms with van der Waals surface area (Å²) in [6.07, 6.45) is -5.06. The number of esters is 1. The number of aliphatic hydroxyl groups excluding tert-OH is 3. The van der Waals surface area contributed by atoms with E-state index in [-0.39, 0.29) is 31.3 Å². The maximum Gasteiger partial charge on any atom is 0.306 e. The minimum absolute atomic E-state index is 0.0511. The fraction of sp³-hybridized carbons (Fsp3) is 0.895. The first-order valence-corrected chi connectivity index (χ1v) is 10.2. The van der Waals surface area contributed by atoms with E-state index in [0.717, 1.165) is 0 Å². The third-order valence-corrected chi connectivity index (χ3v) is 4.75. The number of nitrogens with two attached hydrogens (primary N) is 1. The van der Waals surface area contributed by atoms with Crippen molar-refractivity contribution < 1.29 is 39.1 Å². The minimum Gasteiger partial charge on any atom is -0.457 e. The van der Waals surface area contributed by atoms with Crippen molar-refractivity contribution in [3.63, 3.8) is 0 Å². The molecule has 10 heteroatoms. The van der Waals surface area contributed by atoms with Gasteiger partial charge >= 0.3 is 5.97 Å². The average Bonchev–Trinajstić information content (AvgIpc) is 2.65. The Bertz CT molecular complexity index is 518. The number of aliphatic hydroxyl groups is 3. The predicted octanol–water partition coefficient (Wildman–Crippen LogP) is -0.620. The van der Waals surface area contributed by atoms with Gasteiger partial charge in [0.15, 0.2) is 18.7 Å². The van der Waals surface area contributed by atoms with Crippen LogP contribution in [0.2, 0.25) is 0 Å². The topological polar surface area (TPSA) is 161 Å². The number of carbonyl (C=O) groups is 2. The Morgan fingerprint density at radius 2 is 1.79 bits per heavy atom. The van der Waals surface area contributed by atoms with E-state index in [1.165, 1.54) is 0 Å². The van der Waals surface area contributed by atoms with Crippen LogP contribution in [0.3, 0.4) is 0 Å². The standard InChI is InChI=1S/C19H36N2O8/c1-5-7-12(22)21-15-16(24)17(29-13(23)8-6-2)11(28-19(15)26)9-27-18(25)14(20)10(3)4/h10-11,14-19,24-26H,5-9,20H2,1-4H3,(H,21,22)/t11-,14+,15-,16-,17-,18?,19?/m1/s1. The Kier molecular flexibility index (Phi) is 11.0. The summed E-state index contributed by atoms with van der Waals surface area (Å²) in [4.78, 5) is 23.9. The van der Waals surface area contributed by atoms with Crippen molar-refractivity contribution in [3.05, 3.63) is 0 Å². The number of rotatable bonds is 11. The summed E-state index contributed by atoms with van der Waals surface area (Å²) in [6, 6.07) is -1.83. The second-order valence-corrected chi connectivity index (χ2v) is 7.65. The first-order valence-electron chi connectivity index (χ1n) is 10.2. The molecule has 29 heavy (non-hydrogen) atoms. The molecule has 7 atom stereocenters. The number of hydrogen-bond donors (Lipinski definition) is 5. The first-order chi connectivity index (χ1) is 13.6. The van der Waals surface area contributed by atoms with E-state index in [4.69, 9.17) is 19.9 Å². The van der Waals surface area contributed by atoms with Crippen molar-refractivity contribution in [1.82, 2.24) is 5.32 Å². The molecule has 1 amide bonds. The number of hydrogen-bond acceptors (Lipinski definition) is 9. The van der Waals surface area contributed by atoms with Gasteiger partial charge in [0.05, 0.1) is 12.6 Å². The quantitative estimate of drug-likeness (QED) is 0.217. The largest absolute Gasteiger partial charge is 0.457 e. The van der Waals surface area contributed by atoms with Crippen LogP contribution >= 0.6 is 0 Å². The summed E-state index contributed by atoms with van der Waals surface area (Å²) in [6.45, 7) is 6.98. The molecule has 170 valence electrons. The summed E-state index contributed by atoms with van der Waals surface area (Å²) in [5.74, 6) is -0.977. The summed E-state index contributed by atoms with van der Waals surface area (Å²) < 4.78 is 16.1. The van der Waals surface area contributed by atoms with Crippen LogP contribution in [0.25, 0.3) is 0 Å². The van der Waals surface area contributed by atoms with Crippen molar-refractivity contribution in [1.29, 1.82) is 0 Å². The van der Waals surface area contributed by atoms with E-state index < -0.39 is 48.9 Å². The van der Waals surface area contributed by atoms with E-state index in [2.05, 4.69) is 5.32 Å². The third-order valence-electron chi connectivity index (χ3n) is 4.75. The normalized spacial score (nSPS) is 29.3. The summed E-state index contributed by atoms with van der Waals surface area (Å²) in [7, 11) is 0. The van der Waals surface area contributed by atoms with Crippen LogP contribution in [0.4, 0.5) is 0 Å². The highest BCUT2D eigenvalue weighted by Crippen LogP contribution is 2.24. The lowest BCUT2D eigenvalue weighted by Crippen LogP contribution is -2.65. The summed E-state index contributed by atoms with van der Waals surface area (Å²) in [5, 5.41) is 33.5. The predicted molar refractivity (Wildman–Crippen MR) is 103 cm³/mol. The zero-order valence-corrected chi connectivity index (χ0v) is 17.6. The Morgan fingerprint density at radius 1 is 1.17 bits per heavy atom. The molecule has 1 fully saturated rings. The Morgan fingerprint density at radius 3 is 2.34 bits per heavy atom. The zero-order chi connectivity index (χ0) is 22.1. The maximum atomic E-state index is 12.0. The number of carbonyl (C=O) groups excluding carboxylic acids is 2. The summed E-state index contributed by atoms with van der Waals surface area (Å²) in [5.41, 5.74) is 5.84. The molecule has 0 aromatic carbocycles. The van der Waals surface area contributed by atoms with E-state index in [0.29, 0.717) is 12.8 Å². The van der Waals surface area contributed by atoms with Crippen LogP contribution in [-0.4, -0.2) is 76.8 Å². The van der Waals surface area contributed by atoms with Gasteiger partial charge in [0, 0.05) is 12.8 Å². The smallest absolute Gasteiger partial charge is 0.306 e. The van der Waals surface area contributed by atoms with Crippen molar-refractivity contribution in [3.8, 4) is 0 Å². The van der Waals surface area contributed by atoms with Gasteiger partial charge in [-0.1, -0.05) is 27.7 Å². The highest BCUT2D eigenvalue weighted by molar-refractivity contribution is 5.76. The van der Waals surface area contributed by atoms with Crippen molar-refractivity contribution >= 4 is 11.9 Å². The van der Waals surface area contributed by atoms with Gasteiger partial charge in [0.25, 0.3) is 0 Å². The highest BCUT2D eigenvalue weighted by atomic mass is 16.7. The van der Waals surface area contributed by atoms with E-state index in [9.17, 15) is 24.9 Å². The van der Waals surface area contributed by atoms with Crippen LogP contribution in [0.5, 0.6) is 0 Å². The van der Waals surface area contributed by atoms with Crippen molar-refractivity contribution in [2.24, 2.45) is 11.7 Å². The lowest BCUT2D eigenvalue weighted by molar-refractivity contribution is -0.271. The van der Waals surface area contributed by atoms with Gasteiger partial charge in [-0.05, 0) is 18.8 Å². The van der Waals surface area contributed by atoms with Gasteiger partial charge in [-0.25, -0.2) is 0 Å². The molecule has 1 heterocycles.